The second kappa shape index (κ2) is 6.34. The Labute approximate surface area is 118 Å². The molecule has 0 saturated heterocycles. The van der Waals surface area contributed by atoms with Crippen LogP contribution in [-0.4, -0.2) is 30.1 Å². The van der Waals surface area contributed by atoms with Crippen LogP contribution in [0.2, 0.25) is 0 Å². The number of aromatic nitrogens is 1. The second-order valence-electron chi connectivity index (χ2n) is 4.70. The molecule has 0 bridgehead atoms. The first kappa shape index (κ1) is 14.3. The van der Waals surface area contributed by atoms with Crippen molar-refractivity contribution in [1.82, 2.24) is 4.98 Å². The quantitative estimate of drug-likeness (QED) is 0.481. The van der Waals surface area contributed by atoms with Crippen LogP contribution in [0, 0.1) is 5.41 Å². The van der Waals surface area contributed by atoms with Gasteiger partial charge in [-0.25, -0.2) is 0 Å². The molecule has 1 aromatic carbocycles. The van der Waals surface area contributed by atoms with Crippen LogP contribution >= 0.6 is 0 Å². The molecule has 2 rings (SSSR count). The van der Waals surface area contributed by atoms with E-state index >= 15 is 0 Å². The Morgan fingerprint density at radius 2 is 2.05 bits per heavy atom. The number of hydrogen-bond acceptors (Lipinski definition) is 4. The third kappa shape index (κ3) is 3.24. The third-order valence-corrected chi connectivity index (χ3v) is 2.80. The number of rotatable bonds is 6. The first-order valence-corrected chi connectivity index (χ1v) is 6.56. The van der Waals surface area contributed by atoms with Crippen LogP contribution < -0.4 is 10.5 Å². The van der Waals surface area contributed by atoms with Crippen LogP contribution in [-0.2, 0) is 4.74 Å². The van der Waals surface area contributed by atoms with E-state index in [1.807, 2.05) is 38.1 Å². The van der Waals surface area contributed by atoms with Gasteiger partial charge in [-0.1, -0.05) is 12.1 Å². The van der Waals surface area contributed by atoms with E-state index in [9.17, 15) is 0 Å². The summed E-state index contributed by atoms with van der Waals surface area (Å²) < 4.78 is 11.2. The predicted octanol–water partition coefficient (Wildman–Crippen LogP) is 2.32. The highest BCUT2D eigenvalue weighted by Crippen LogP contribution is 2.27. The fraction of sp³-hybridized carbons (Fsp3) is 0.333. The Hall–Kier alpha value is -2.14. The maximum Gasteiger partial charge on any atom is 0.141 e. The summed E-state index contributed by atoms with van der Waals surface area (Å²) in [5.74, 6) is 0.540. The molecule has 5 heteroatoms. The number of nitrogens with one attached hydrogen (secondary N) is 1. The molecule has 106 valence electrons. The highest BCUT2D eigenvalue weighted by molar-refractivity contribution is 6.02. The largest absolute Gasteiger partial charge is 0.490 e. The van der Waals surface area contributed by atoms with Gasteiger partial charge in [-0.2, -0.15) is 0 Å². The molecule has 0 saturated carbocycles. The summed E-state index contributed by atoms with van der Waals surface area (Å²) in [5.41, 5.74) is 6.91. The second-order valence-corrected chi connectivity index (χ2v) is 4.70. The fourth-order valence-electron chi connectivity index (χ4n) is 1.89. The van der Waals surface area contributed by atoms with E-state index < -0.39 is 0 Å². The van der Waals surface area contributed by atoms with Gasteiger partial charge in [0.15, 0.2) is 0 Å². The zero-order chi connectivity index (χ0) is 14.5. The first-order chi connectivity index (χ1) is 9.59. The van der Waals surface area contributed by atoms with Gasteiger partial charge in [-0.05, 0) is 26.0 Å². The number of amidine groups is 1. The number of para-hydroxylation sites is 1. The molecule has 1 heterocycles. The van der Waals surface area contributed by atoms with Gasteiger partial charge in [0.05, 0.1) is 23.8 Å². The Morgan fingerprint density at radius 1 is 1.30 bits per heavy atom. The van der Waals surface area contributed by atoms with Crippen molar-refractivity contribution in [2.45, 2.75) is 20.0 Å². The molecule has 0 radical (unpaired) electrons. The lowest BCUT2D eigenvalue weighted by molar-refractivity contribution is 0.0555. The molecule has 1 aromatic heterocycles. The van der Waals surface area contributed by atoms with Gasteiger partial charge in [0, 0.05) is 11.6 Å². The highest BCUT2D eigenvalue weighted by atomic mass is 16.5. The van der Waals surface area contributed by atoms with E-state index in [0.29, 0.717) is 24.5 Å². The number of hydrogen-bond donors (Lipinski definition) is 2. The van der Waals surface area contributed by atoms with Gasteiger partial charge in [-0.3, -0.25) is 10.4 Å². The molecule has 2 aromatic rings. The molecule has 0 aliphatic carbocycles. The van der Waals surface area contributed by atoms with Crippen molar-refractivity contribution in [3.05, 3.63) is 36.0 Å². The van der Waals surface area contributed by atoms with Crippen LogP contribution in [0.3, 0.4) is 0 Å². The average Bonchev–Trinajstić information content (AvgIpc) is 2.42. The zero-order valence-electron chi connectivity index (χ0n) is 11.7. The Kier molecular flexibility index (Phi) is 4.53. The maximum absolute atomic E-state index is 7.63. The van der Waals surface area contributed by atoms with E-state index in [4.69, 9.17) is 20.6 Å². The summed E-state index contributed by atoms with van der Waals surface area (Å²) in [6.07, 6.45) is 1.74. The molecule has 0 fully saturated rings. The molecule has 0 spiro atoms. The van der Waals surface area contributed by atoms with Crippen molar-refractivity contribution in [3.8, 4) is 5.75 Å². The number of nitrogens with two attached hydrogens (primary N) is 1. The van der Waals surface area contributed by atoms with E-state index in [2.05, 4.69) is 4.98 Å². The molecule has 20 heavy (non-hydrogen) atoms. The molecule has 0 atom stereocenters. The maximum atomic E-state index is 7.63. The third-order valence-electron chi connectivity index (χ3n) is 2.80. The standard InChI is InChI=1S/C15H19N3O2/c1-10(2)19-7-8-20-14-11-5-3-4-6-13(11)18-9-12(14)15(16)17/h3-6,9-10H,7-8H2,1-2H3,(H3,16,17). The monoisotopic (exact) mass is 273 g/mol. The van der Waals surface area contributed by atoms with Crippen LogP contribution in [0.1, 0.15) is 19.4 Å². The fourth-order valence-corrected chi connectivity index (χ4v) is 1.89. The van der Waals surface area contributed by atoms with Crippen molar-refractivity contribution in [2.24, 2.45) is 5.73 Å². The van der Waals surface area contributed by atoms with Crippen molar-refractivity contribution >= 4 is 16.7 Å². The normalized spacial score (nSPS) is 10.9. The lowest BCUT2D eigenvalue weighted by Crippen LogP contribution is -2.16. The number of nitrogens with zero attached hydrogens (tertiary/aromatic N) is 1. The van der Waals surface area contributed by atoms with Crippen molar-refractivity contribution in [1.29, 1.82) is 5.41 Å². The number of fused-ring (bicyclic) bond motifs is 1. The summed E-state index contributed by atoms with van der Waals surface area (Å²) in [4.78, 5) is 4.29. The van der Waals surface area contributed by atoms with E-state index in [1.165, 1.54) is 0 Å². The van der Waals surface area contributed by atoms with Gasteiger partial charge >= 0.3 is 0 Å². The Balaban J connectivity index is 2.28. The molecular weight excluding hydrogens is 254 g/mol. The van der Waals surface area contributed by atoms with Crippen LogP contribution in [0.15, 0.2) is 30.5 Å². The highest BCUT2D eigenvalue weighted by Gasteiger charge is 2.12. The van der Waals surface area contributed by atoms with Crippen LogP contribution in [0.5, 0.6) is 5.75 Å². The van der Waals surface area contributed by atoms with Gasteiger partial charge in [0.1, 0.15) is 18.2 Å². The molecule has 0 aliphatic heterocycles. The minimum atomic E-state index is -0.0527. The van der Waals surface area contributed by atoms with Crippen LogP contribution in [0.4, 0.5) is 0 Å². The van der Waals surface area contributed by atoms with Gasteiger partial charge < -0.3 is 15.2 Å². The average molecular weight is 273 g/mol. The van der Waals surface area contributed by atoms with Gasteiger partial charge in [0.2, 0.25) is 0 Å². The molecule has 0 aliphatic rings. The Bertz CT molecular complexity index is 611. The Morgan fingerprint density at radius 3 is 2.75 bits per heavy atom. The van der Waals surface area contributed by atoms with Crippen molar-refractivity contribution in [2.75, 3.05) is 13.2 Å². The summed E-state index contributed by atoms with van der Waals surface area (Å²) in [6, 6.07) is 7.63. The number of nitrogen functional groups attached to an aromatic ring is 1. The summed E-state index contributed by atoms with van der Waals surface area (Å²) >= 11 is 0. The molecular formula is C15H19N3O2. The molecule has 0 unspecified atom stereocenters. The minimum absolute atomic E-state index is 0.0527. The predicted molar refractivity (Wildman–Crippen MR) is 79.3 cm³/mol. The first-order valence-electron chi connectivity index (χ1n) is 6.56. The number of pyridine rings is 1. The summed E-state index contributed by atoms with van der Waals surface area (Å²) in [6.45, 7) is 4.85. The van der Waals surface area contributed by atoms with E-state index in [1.54, 1.807) is 6.20 Å². The minimum Gasteiger partial charge on any atom is -0.490 e. The van der Waals surface area contributed by atoms with Gasteiger partial charge in [0.25, 0.3) is 0 Å². The number of benzene rings is 1. The topological polar surface area (TPSA) is 81.2 Å². The SMILES string of the molecule is CC(C)OCCOc1c(C(=N)N)cnc2ccccc12. The molecule has 3 N–H and O–H groups in total. The van der Waals surface area contributed by atoms with Crippen molar-refractivity contribution < 1.29 is 9.47 Å². The zero-order valence-corrected chi connectivity index (χ0v) is 11.7. The smallest absolute Gasteiger partial charge is 0.141 e. The summed E-state index contributed by atoms with van der Waals surface area (Å²) in [5, 5.41) is 8.48. The van der Waals surface area contributed by atoms with E-state index in [-0.39, 0.29) is 11.9 Å². The molecule has 0 amide bonds. The van der Waals surface area contributed by atoms with Gasteiger partial charge in [-0.15, -0.1) is 0 Å². The van der Waals surface area contributed by atoms with Crippen LogP contribution in [0.25, 0.3) is 10.9 Å². The van der Waals surface area contributed by atoms with Crippen molar-refractivity contribution in [3.63, 3.8) is 0 Å². The van der Waals surface area contributed by atoms with E-state index in [0.717, 1.165) is 10.9 Å². The lowest BCUT2D eigenvalue weighted by atomic mass is 10.1. The summed E-state index contributed by atoms with van der Waals surface area (Å²) in [7, 11) is 0. The lowest BCUT2D eigenvalue weighted by Gasteiger charge is -2.14. The number of ether oxygens (including phenoxy) is 2. The molecule has 5 nitrogen and oxygen atoms in total.